The van der Waals surface area contributed by atoms with Crippen LogP contribution in [0.15, 0.2) is 42.9 Å². The summed E-state index contributed by atoms with van der Waals surface area (Å²) in [6.45, 7) is 2.76. The van der Waals surface area contributed by atoms with Gasteiger partial charge in [0.2, 0.25) is 0 Å². The largest absolute Gasteiger partial charge is 0.490 e. The van der Waals surface area contributed by atoms with E-state index in [1.54, 1.807) is 36.5 Å². The number of hydrogen-bond donors (Lipinski definition) is 0. The summed E-state index contributed by atoms with van der Waals surface area (Å²) in [6.07, 6.45) is 13.8. The molecule has 158 valence electrons. The van der Waals surface area contributed by atoms with Crippen molar-refractivity contribution < 1.29 is 9.53 Å². The third-order valence-electron chi connectivity index (χ3n) is 6.05. The number of aromatic nitrogens is 3. The Labute approximate surface area is 177 Å². The molecule has 0 aromatic carbocycles. The fourth-order valence-electron chi connectivity index (χ4n) is 4.38. The van der Waals surface area contributed by atoms with Crippen LogP contribution in [0.2, 0.25) is 0 Å². The fourth-order valence-corrected chi connectivity index (χ4v) is 4.38. The third-order valence-corrected chi connectivity index (χ3v) is 6.05. The van der Waals surface area contributed by atoms with E-state index in [9.17, 15) is 4.79 Å². The van der Waals surface area contributed by atoms with E-state index < -0.39 is 0 Å². The number of aryl methyl sites for hydroxylation is 1. The lowest BCUT2D eigenvalue weighted by Gasteiger charge is -2.21. The highest BCUT2D eigenvalue weighted by Crippen LogP contribution is 2.30. The fraction of sp³-hybridized carbons (Fsp3) is 0.458. The van der Waals surface area contributed by atoms with Gasteiger partial charge in [-0.15, -0.1) is 0 Å². The van der Waals surface area contributed by atoms with Gasteiger partial charge in [0.25, 0.3) is 5.91 Å². The summed E-state index contributed by atoms with van der Waals surface area (Å²) < 4.78 is 8.13. The smallest absolute Gasteiger partial charge is 0.259 e. The molecular weight excluding hydrogens is 376 g/mol. The molecule has 0 atom stereocenters. The van der Waals surface area contributed by atoms with Gasteiger partial charge >= 0.3 is 0 Å². The molecule has 4 rings (SSSR count). The quantitative estimate of drug-likeness (QED) is 0.559. The molecule has 0 aliphatic heterocycles. The van der Waals surface area contributed by atoms with Crippen LogP contribution in [0, 0.1) is 5.92 Å². The molecule has 1 saturated carbocycles. The van der Waals surface area contributed by atoms with Crippen LogP contribution in [0.3, 0.4) is 0 Å². The number of imidazole rings is 1. The second kappa shape index (κ2) is 9.28. The molecule has 3 aromatic heterocycles. The molecule has 30 heavy (non-hydrogen) atoms. The number of hydrogen-bond acceptors (Lipinski definition) is 4. The third kappa shape index (κ3) is 4.18. The number of carbonyl (C=O) groups excluding carboxylic acids is 1. The van der Waals surface area contributed by atoms with Crippen molar-refractivity contribution in [2.75, 3.05) is 18.6 Å². The highest BCUT2D eigenvalue weighted by atomic mass is 16.5. The van der Waals surface area contributed by atoms with E-state index in [0.29, 0.717) is 12.2 Å². The second-order valence-electron chi connectivity index (χ2n) is 8.04. The molecule has 0 bridgehead atoms. The van der Waals surface area contributed by atoms with Crippen molar-refractivity contribution in [1.29, 1.82) is 0 Å². The predicted molar refractivity (Wildman–Crippen MR) is 118 cm³/mol. The minimum absolute atomic E-state index is 0.0856. The zero-order valence-corrected chi connectivity index (χ0v) is 17.9. The van der Waals surface area contributed by atoms with Crippen LogP contribution in [0.4, 0.5) is 5.82 Å². The van der Waals surface area contributed by atoms with Gasteiger partial charge in [-0.3, -0.25) is 19.1 Å². The van der Waals surface area contributed by atoms with Gasteiger partial charge in [-0.05, 0) is 43.0 Å². The summed E-state index contributed by atoms with van der Waals surface area (Å²) in [5.74, 6) is 2.26. The Hall–Kier alpha value is -2.89. The molecular formula is C24H30N4O2. The van der Waals surface area contributed by atoms with Gasteiger partial charge in [0.1, 0.15) is 5.82 Å². The molecule has 0 N–H and O–H groups in total. The van der Waals surface area contributed by atoms with Gasteiger partial charge in [-0.2, -0.15) is 0 Å². The van der Waals surface area contributed by atoms with Crippen LogP contribution in [-0.2, 0) is 6.42 Å². The maximum Gasteiger partial charge on any atom is 0.259 e. The Bertz CT molecular complexity index is 993. The van der Waals surface area contributed by atoms with Gasteiger partial charge in [0.15, 0.2) is 11.4 Å². The molecule has 6 heteroatoms. The molecule has 3 heterocycles. The Morgan fingerprint density at radius 1 is 1.20 bits per heavy atom. The van der Waals surface area contributed by atoms with Gasteiger partial charge in [0.05, 0.1) is 12.3 Å². The second-order valence-corrected chi connectivity index (χ2v) is 8.04. The molecule has 1 amide bonds. The molecule has 0 radical (unpaired) electrons. The van der Waals surface area contributed by atoms with Gasteiger partial charge in [-0.25, -0.2) is 4.98 Å². The maximum atomic E-state index is 13.0. The molecule has 1 fully saturated rings. The van der Waals surface area contributed by atoms with Crippen LogP contribution in [-0.4, -0.2) is 33.9 Å². The maximum absolute atomic E-state index is 13.0. The molecule has 0 spiro atoms. The minimum atomic E-state index is -0.0856. The van der Waals surface area contributed by atoms with Gasteiger partial charge < -0.3 is 4.74 Å². The zero-order valence-electron chi connectivity index (χ0n) is 17.9. The lowest BCUT2D eigenvalue weighted by Crippen LogP contribution is -2.28. The molecule has 1 aliphatic carbocycles. The summed E-state index contributed by atoms with van der Waals surface area (Å²) in [4.78, 5) is 23.5. The summed E-state index contributed by atoms with van der Waals surface area (Å²) in [5, 5.41) is 0. The SMILES string of the molecule is CCc1nc2c(OCCC3CCCCC3)cccn2c1N(C)C(=O)c1ccncc1. The zero-order chi connectivity index (χ0) is 20.9. The lowest BCUT2D eigenvalue weighted by atomic mass is 9.87. The first-order valence-corrected chi connectivity index (χ1v) is 11.0. The predicted octanol–water partition coefficient (Wildman–Crippen LogP) is 4.92. The Balaban J connectivity index is 1.58. The summed E-state index contributed by atoms with van der Waals surface area (Å²) in [5.41, 5.74) is 2.25. The van der Waals surface area contributed by atoms with Crippen molar-refractivity contribution in [2.24, 2.45) is 5.92 Å². The number of rotatable bonds is 7. The number of fused-ring (bicyclic) bond motifs is 1. The first-order valence-electron chi connectivity index (χ1n) is 11.0. The minimum Gasteiger partial charge on any atom is -0.490 e. The Morgan fingerprint density at radius 2 is 1.97 bits per heavy atom. The van der Waals surface area contributed by atoms with E-state index in [-0.39, 0.29) is 5.91 Å². The molecule has 1 aliphatic rings. The highest BCUT2D eigenvalue weighted by Gasteiger charge is 2.22. The van der Waals surface area contributed by atoms with E-state index >= 15 is 0 Å². The average Bonchev–Trinajstić information content (AvgIpc) is 3.19. The van der Waals surface area contributed by atoms with Crippen LogP contribution in [0.1, 0.15) is 61.5 Å². The van der Waals surface area contributed by atoms with Crippen molar-refractivity contribution in [3.05, 3.63) is 54.1 Å². The van der Waals surface area contributed by atoms with Crippen molar-refractivity contribution in [1.82, 2.24) is 14.4 Å². The summed E-state index contributed by atoms with van der Waals surface area (Å²) >= 11 is 0. The number of carbonyl (C=O) groups is 1. The normalized spacial score (nSPS) is 14.7. The average molecular weight is 407 g/mol. The standard InChI is InChI=1S/C24H30N4O2/c1-3-20-23(27(2)24(29)19-11-14-25-15-12-19)28-16-7-10-21(22(28)26-20)30-17-13-18-8-5-4-6-9-18/h7,10-12,14-16,18H,3-6,8-9,13,17H2,1-2H3. The van der Waals surface area contributed by atoms with E-state index in [4.69, 9.17) is 9.72 Å². The molecule has 0 unspecified atom stereocenters. The highest BCUT2D eigenvalue weighted by molar-refractivity contribution is 6.05. The van der Waals surface area contributed by atoms with E-state index in [0.717, 1.165) is 41.7 Å². The van der Waals surface area contributed by atoms with Crippen LogP contribution in [0.25, 0.3) is 5.65 Å². The Morgan fingerprint density at radius 3 is 2.70 bits per heavy atom. The number of pyridine rings is 2. The molecule has 3 aromatic rings. The first kappa shape index (κ1) is 20.4. The summed E-state index contributed by atoms with van der Waals surface area (Å²) in [7, 11) is 1.79. The van der Waals surface area contributed by atoms with Crippen LogP contribution in [0.5, 0.6) is 5.75 Å². The van der Waals surface area contributed by atoms with Crippen molar-refractivity contribution in [2.45, 2.75) is 51.9 Å². The van der Waals surface area contributed by atoms with Gasteiger partial charge in [0, 0.05) is 31.2 Å². The monoisotopic (exact) mass is 406 g/mol. The van der Waals surface area contributed by atoms with Crippen molar-refractivity contribution in [3.63, 3.8) is 0 Å². The number of amides is 1. The number of anilines is 1. The number of ether oxygens (including phenoxy) is 1. The van der Waals surface area contributed by atoms with E-state index in [2.05, 4.69) is 11.9 Å². The van der Waals surface area contributed by atoms with E-state index in [1.807, 2.05) is 22.7 Å². The van der Waals surface area contributed by atoms with Crippen LogP contribution < -0.4 is 9.64 Å². The topological polar surface area (TPSA) is 59.7 Å². The number of nitrogens with zero attached hydrogens (tertiary/aromatic N) is 4. The van der Waals surface area contributed by atoms with Gasteiger partial charge in [-0.1, -0.05) is 39.0 Å². The van der Waals surface area contributed by atoms with Crippen molar-refractivity contribution >= 4 is 17.4 Å². The van der Waals surface area contributed by atoms with Crippen LogP contribution >= 0.6 is 0 Å². The van der Waals surface area contributed by atoms with E-state index in [1.165, 1.54) is 32.1 Å². The summed E-state index contributed by atoms with van der Waals surface area (Å²) in [6, 6.07) is 7.39. The molecule has 6 nitrogen and oxygen atoms in total. The molecule has 0 saturated heterocycles. The lowest BCUT2D eigenvalue weighted by molar-refractivity contribution is 0.0992. The van der Waals surface area contributed by atoms with Crippen molar-refractivity contribution in [3.8, 4) is 5.75 Å². The first-order chi connectivity index (χ1) is 14.7. The Kier molecular flexibility index (Phi) is 6.31.